The van der Waals surface area contributed by atoms with E-state index in [9.17, 15) is 4.79 Å². The first-order valence-corrected chi connectivity index (χ1v) is 6.57. The van der Waals surface area contributed by atoms with Crippen molar-refractivity contribution in [1.82, 2.24) is 20.5 Å². The number of hydrogen-bond donors (Lipinski definition) is 2. The van der Waals surface area contributed by atoms with Crippen LogP contribution in [0, 0.1) is 0 Å². The minimum absolute atomic E-state index is 0.252. The average molecular weight is 311 g/mol. The van der Waals surface area contributed by atoms with Crippen LogP contribution in [0.5, 0.6) is 11.5 Å². The molecule has 2 N–H and O–H groups in total. The highest BCUT2D eigenvalue weighted by Gasteiger charge is 2.15. The summed E-state index contributed by atoms with van der Waals surface area (Å²) in [4.78, 5) is 16.1. The molecule has 0 aliphatic heterocycles. The maximum atomic E-state index is 12.1. The summed E-state index contributed by atoms with van der Waals surface area (Å²) in [5.41, 5.74) is 0.398. The molecule has 0 radical (unpaired) electrons. The molecule has 1 aromatic heterocycles. The molecule has 0 saturated heterocycles. The lowest BCUT2D eigenvalue weighted by molar-refractivity contribution is 0.0953. The van der Waals surface area contributed by atoms with Crippen molar-refractivity contribution in [1.29, 1.82) is 0 Å². The Labute approximate surface area is 126 Å². The fourth-order valence-electron chi connectivity index (χ4n) is 1.80. The van der Waals surface area contributed by atoms with E-state index in [4.69, 9.17) is 21.1 Å². The summed E-state index contributed by atoms with van der Waals surface area (Å²) < 4.78 is 10.3. The molecule has 0 saturated carbocycles. The molecular weight excluding hydrogens is 296 g/mol. The third kappa shape index (κ3) is 3.63. The molecule has 1 aromatic carbocycles. The summed E-state index contributed by atoms with van der Waals surface area (Å²) in [6.07, 6.45) is 1.98. The zero-order chi connectivity index (χ0) is 15.2. The van der Waals surface area contributed by atoms with Crippen molar-refractivity contribution in [3.05, 3.63) is 34.9 Å². The predicted molar refractivity (Wildman–Crippen MR) is 77.0 cm³/mol. The third-order valence-electron chi connectivity index (χ3n) is 2.81. The number of rotatable bonds is 6. The van der Waals surface area contributed by atoms with Gasteiger partial charge in [0.1, 0.15) is 12.2 Å². The van der Waals surface area contributed by atoms with E-state index in [0.29, 0.717) is 40.9 Å². The Bertz CT molecular complexity index is 616. The fraction of sp³-hybridized carbons (Fsp3) is 0.308. The molecule has 0 bridgehead atoms. The number of carbonyl (C=O) groups excluding carboxylic acids is 1. The van der Waals surface area contributed by atoms with E-state index in [1.54, 1.807) is 6.07 Å². The number of ether oxygens (including phenoxy) is 2. The van der Waals surface area contributed by atoms with Crippen LogP contribution >= 0.6 is 11.6 Å². The van der Waals surface area contributed by atoms with Gasteiger partial charge in [-0.05, 0) is 12.1 Å². The van der Waals surface area contributed by atoms with Gasteiger partial charge in [-0.15, -0.1) is 0 Å². The highest BCUT2D eigenvalue weighted by molar-refractivity contribution is 6.32. The summed E-state index contributed by atoms with van der Waals surface area (Å²) in [5, 5.41) is 9.55. The zero-order valence-electron chi connectivity index (χ0n) is 11.6. The molecule has 0 aliphatic rings. The number of nitrogens with zero attached hydrogens (tertiary/aromatic N) is 2. The molecule has 0 unspecified atom stereocenters. The van der Waals surface area contributed by atoms with Gasteiger partial charge in [-0.25, -0.2) is 4.98 Å². The number of amides is 1. The first-order valence-electron chi connectivity index (χ1n) is 6.19. The molecule has 112 valence electrons. The Balaban J connectivity index is 2.03. The van der Waals surface area contributed by atoms with Crippen molar-refractivity contribution in [2.45, 2.75) is 6.42 Å². The Hall–Kier alpha value is -2.28. The van der Waals surface area contributed by atoms with Crippen molar-refractivity contribution in [2.24, 2.45) is 0 Å². The van der Waals surface area contributed by atoms with Crippen molar-refractivity contribution < 1.29 is 14.3 Å². The Morgan fingerprint density at radius 1 is 1.38 bits per heavy atom. The summed E-state index contributed by atoms with van der Waals surface area (Å²) in [6, 6.07) is 3.11. The standard InChI is InChI=1S/C13H15ClN4O3/c1-20-10-6-8(5-9(14)12(10)21-2)13(19)15-4-3-11-16-7-17-18-11/h5-7H,3-4H2,1-2H3,(H,15,19)(H,16,17,18). The zero-order valence-corrected chi connectivity index (χ0v) is 12.4. The first-order chi connectivity index (χ1) is 10.2. The second kappa shape index (κ2) is 6.94. The fourth-order valence-corrected chi connectivity index (χ4v) is 2.08. The van der Waals surface area contributed by atoms with Crippen LogP contribution in [0.1, 0.15) is 16.2 Å². The molecule has 0 aliphatic carbocycles. The van der Waals surface area contributed by atoms with Crippen molar-refractivity contribution >= 4 is 17.5 Å². The van der Waals surface area contributed by atoms with Crippen molar-refractivity contribution in [3.8, 4) is 11.5 Å². The van der Waals surface area contributed by atoms with Crippen molar-refractivity contribution in [3.63, 3.8) is 0 Å². The van der Waals surface area contributed by atoms with Gasteiger partial charge in [-0.3, -0.25) is 9.89 Å². The SMILES string of the molecule is COc1cc(C(=O)NCCc2ncn[nH]2)cc(Cl)c1OC. The maximum Gasteiger partial charge on any atom is 0.251 e. The van der Waals surface area contributed by atoms with Gasteiger partial charge in [0.15, 0.2) is 11.5 Å². The number of H-pyrrole nitrogens is 1. The Morgan fingerprint density at radius 3 is 2.81 bits per heavy atom. The number of hydrogen-bond acceptors (Lipinski definition) is 5. The van der Waals surface area contributed by atoms with Crippen LogP contribution in [0.25, 0.3) is 0 Å². The third-order valence-corrected chi connectivity index (χ3v) is 3.09. The minimum Gasteiger partial charge on any atom is -0.493 e. The van der Waals surface area contributed by atoms with Gasteiger partial charge in [0, 0.05) is 18.5 Å². The molecule has 2 aromatic rings. The molecule has 8 heteroatoms. The van der Waals surface area contributed by atoms with Gasteiger partial charge >= 0.3 is 0 Å². The van der Waals surface area contributed by atoms with E-state index in [0.717, 1.165) is 0 Å². The van der Waals surface area contributed by atoms with Gasteiger partial charge in [0.25, 0.3) is 5.91 Å². The van der Waals surface area contributed by atoms with Crippen LogP contribution in [0.3, 0.4) is 0 Å². The molecule has 0 spiro atoms. The van der Waals surface area contributed by atoms with Gasteiger partial charge in [0.05, 0.1) is 19.2 Å². The van der Waals surface area contributed by atoms with Crippen LogP contribution < -0.4 is 14.8 Å². The number of carbonyl (C=O) groups is 1. The van der Waals surface area contributed by atoms with Crippen molar-refractivity contribution in [2.75, 3.05) is 20.8 Å². The number of nitrogens with one attached hydrogen (secondary N) is 2. The second-order valence-electron chi connectivity index (χ2n) is 4.13. The molecule has 0 fully saturated rings. The largest absolute Gasteiger partial charge is 0.493 e. The molecule has 21 heavy (non-hydrogen) atoms. The number of halogens is 1. The molecule has 7 nitrogen and oxygen atoms in total. The van der Waals surface area contributed by atoms with Gasteiger partial charge in [-0.1, -0.05) is 11.6 Å². The van der Waals surface area contributed by atoms with E-state index in [-0.39, 0.29) is 5.91 Å². The monoisotopic (exact) mass is 310 g/mol. The molecule has 2 rings (SSSR count). The molecular formula is C13H15ClN4O3. The van der Waals surface area contributed by atoms with Gasteiger partial charge < -0.3 is 14.8 Å². The summed E-state index contributed by atoms with van der Waals surface area (Å²) in [5.74, 6) is 1.26. The molecule has 1 heterocycles. The van der Waals surface area contributed by atoms with Gasteiger partial charge in [-0.2, -0.15) is 5.10 Å². The molecule has 1 amide bonds. The number of aromatic nitrogens is 3. The highest BCUT2D eigenvalue weighted by atomic mass is 35.5. The first kappa shape index (κ1) is 15.1. The summed E-state index contributed by atoms with van der Waals surface area (Å²) in [6.45, 7) is 0.431. The molecule has 0 atom stereocenters. The Kier molecular flexibility index (Phi) is 4.99. The normalized spacial score (nSPS) is 10.2. The van der Waals surface area contributed by atoms with Crippen LogP contribution in [0.2, 0.25) is 5.02 Å². The van der Waals surface area contributed by atoms with E-state index < -0.39 is 0 Å². The van der Waals surface area contributed by atoms with E-state index in [2.05, 4.69) is 20.5 Å². The smallest absolute Gasteiger partial charge is 0.251 e. The maximum absolute atomic E-state index is 12.1. The predicted octanol–water partition coefficient (Wildman–Crippen LogP) is 1.45. The average Bonchev–Trinajstić information content (AvgIpc) is 2.99. The van der Waals surface area contributed by atoms with E-state index in [1.165, 1.54) is 26.6 Å². The number of methoxy groups -OCH3 is 2. The quantitative estimate of drug-likeness (QED) is 0.843. The van der Waals surface area contributed by atoms with Crippen LogP contribution in [-0.4, -0.2) is 41.9 Å². The summed E-state index contributed by atoms with van der Waals surface area (Å²) >= 11 is 6.06. The number of aromatic amines is 1. The highest BCUT2D eigenvalue weighted by Crippen LogP contribution is 2.35. The van der Waals surface area contributed by atoms with Crippen LogP contribution in [0.15, 0.2) is 18.5 Å². The number of benzene rings is 1. The summed E-state index contributed by atoms with van der Waals surface area (Å²) in [7, 11) is 2.97. The van der Waals surface area contributed by atoms with E-state index in [1.807, 2.05) is 0 Å². The second-order valence-corrected chi connectivity index (χ2v) is 4.54. The lowest BCUT2D eigenvalue weighted by Crippen LogP contribution is -2.26. The van der Waals surface area contributed by atoms with E-state index >= 15 is 0 Å². The van der Waals surface area contributed by atoms with Crippen LogP contribution in [0.4, 0.5) is 0 Å². The van der Waals surface area contributed by atoms with Gasteiger partial charge in [0.2, 0.25) is 0 Å². The lowest BCUT2D eigenvalue weighted by atomic mass is 10.2. The minimum atomic E-state index is -0.252. The Morgan fingerprint density at radius 2 is 2.19 bits per heavy atom. The topological polar surface area (TPSA) is 89.1 Å². The van der Waals surface area contributed by atoms with Crippen LogP contribution in [-0.2, 0) is 6.42 Å². The lowest BCUT2D eigenvalue weighted by Gasteiger charge is -2.11.